The molecule has 0 spiro atoms. The van der Waals surface area contributed by atoms with Gasteiger partial charge in [0.15, 0.2) is 0 Å². The van der Waals surface area contributed by atoms with E-state index in [1.807, 2.05) is 5.38 Å². The summed E-state index contributed by atoms with van der Waals surface area (Å²) in [5.74, 6) is 2.23. The summed E-state index contributed by atoms with van der Waals surface area (Å²) in [4.78, 5) is 23.9. The Morgan fingerprint density at radius 3 is 2.90 bits per heavy atom. The molecule has 112 valence electrons. The third kappa shape index (κ3) is 4.06. The zero-order valence-electron chi connectivity index (χ0n) is 11.9. The molecule has 6 heteroatoms. The summed E-state index contributed by atoms with van der Waals surface area (Å²) in [6.45, 7) is 2.53. The molecule has 1 saturated carbocycles. The molecule has 1 aromatic rings. The Bertz CT molecular complexity index is 570. The van der Waals surface area contributed by atoms with Crippen LogP contribution in [0.25, 0.3) is 0 Å². The number of anilines is 1. The Balaban J connectivity index is 2.09. The summed E-state index contributed by atoms with van der Waals surface area (Å²) in [6, 6.07) is 0. The first-order valence-electron chi connectivity index (χ1n) is 6.89. The van der Waals surface area contributed by atoms with Crippen molar-refractivity contribution in [3.05, 3.63) is 16.5 Å². The van der Waals surface area contributed by atoms with Crippen molar-refractivity contribution in [2.24, 2.45) is 0 Å². The zero-order chi connectivity index (χ0) is 15.2. The van der Waals surface area contributed by atoms with Gasteiger partial charge in [-0.15, -0.1) is 17.8 Å². The van der Waals surface area contributed by atoms with Gasteiger partial charge < -0.3 is 10.1 Å². The van der Waals surface area contributed by atoms with Gasteiger partial charge in [-0.1, -0.05) is 5.92 Å². The van der Waals surface area contributed by atoms with Gasteiger partial charge in [0.1, 0.15) is 5.00 Å². The van der Waals surface area contributed by atoms with Crippen molar-refractivity contribution in [3.63, 3.8) is 0 Å². The number of carbonyl (C=O) groups is 2. The van der Waals surface area contributed by atoms with Crippen LogP contribution >= 0.6 is 11.3 Å². The number of ether oxygens (including phenoxy) is 1. The predicted octanol–water partition coefficient (Wildman–Crippen LogP) is 1.96. The second-order valence-corrected chi connectivity index (χ2v) is 5.63. The molecule has 0 bridgehead atoms. The van der Waals surface area contributed by atoms with Crippen LogP contribution in [0.1, 0.15) is 41.6 Å². The lowest BCUT2D eigenvalue weighted by atomic mass is 10.1. The van der Waals surface area contributed by atoms with E-state index in [-0.39, 0.29) is 18.4 Å². The van der Waals surface area contributed by atoms with Crippen molar-refractivity contribution < 1.29 is 14.3 Å². The fourth-order valence-corrected chi connectivity index (χ4v) is 3.04. The van der Waals surface area contributed by atoms with Gasteiger partial charge >= 0.3 is 5.97 Å². The highest BCUT2D eigenvalue weighted by Gasteiger charge is 2.32. The van der Waals surface area contributed by atoms with Crippen molar-refractivity contribution in [1.82, 2.24) is 5.32 Å². The molecule has 1 aliphatic carbocycles. The number of carbonyl (C=O) groups excluding carboxylic acids is 2. The minimum atomic E-state index is -0.368. The van der Waals surface area contributed by atoms with Crippen LogP contribution in [-0.4, -0.2) is 31.6 Å². The molecule has 5 nitrogen and oxygen atoms in total. The van der Waals surface area contributed by atoms with Crippen molar-refractivity contribution in [3.8, 4) is 12.3 Å². The van der Waals surface area contributed by atoms with E-state index in [0.29, 0.717) is 29.6 Å². The molecule has 0 aliphatic heterocycles. The first-order chi connectivity index (χ1) is 10.2. The highest BCUT2D eigenvalue weighted by atomic mass is 32.1. The third-order valence-electron chi connectivity index (χ3n) is 3.08. The van der Waals surface area contributed by atoms with Crippen molar-refractivity contribution in [2.45, 2.75) is 25.7 Å². The minimum Gasteiger partial charge on any atom is -0.462 e. The van der Waals surface area contributed by atoms with E-state index >= 15 is 0 Å². The lowest BCUT2D eigenvalue weighted by Crippen LogP contribution is -2.28. The topological polar surface area (TPSA) is 67.4 Å². The molecule has 2 N–H and O–H groups in total. The molecule has 0 saturated heterocycles. The Kier molecular flexibility index (Phi) is 5.37. The standard InChI is InChI=1S/C15H18N2O3S/c1-3-7-16-8-12(18)17-14-13(15(19)20-4-2)11(9-21-14)10-5-6-10/h1,9-10,16H,4-8H2,2H3,(H,17,18). The lowest BCUT2D eigenvalue weighted by Gasteiger charge is -2.08. The van der Waals surface area contributed by atoms with Crippen LogP contribution in [0, 0.1) is 12.3 Å². The maximum atomic E-state index is 12.1. The molecule has 1 fully saturated rings. The van der Waals surface area contributed by atoms with Crippen LogP contribution in [0.15, 0.2) is 5.38 Å². The molecular weight excluding hydrogens is 288 g/mol. The fraction of sp³-hybridized carbons (Fsp3) is 0.467. The van der Waals surface area contributed by atoms with Crippen LogP contribution in [0.5, 0.6) is 0 Å². The number of thiophene rings is 1. The van der Waals surface area contributed by atoms with E-state index in [0.717, 1.165) is 18.4 Å². The molecule has 0 unspecified atom stereocenters. The summed E-state index contributed by atoms with van der Waals surface area (Å²) in [5, 5.41) is 8.07. The molecule has 0 radical (unpaired) electrons. The van der Waals surface area contributed by atoms with E-state index < -0.39 is 0 Å². The summed E-state index contributed by atoms with van der Waals surface area (Å²) in [6.07, 6.45) is 7.27. The lowest BCUT2D eigenvalue weighted by molar-refractivity contribution is -0.115. The van der Waals surface area contributed by atoms with Gasteiger partial charge in [-0.05, 0) is 36.6 Å². The third-order valence-corrected chi connectivity index (χ3v) is 4.00. The number of rotatable bonds is 7. The summed E-state index contributed by atoms with van der Waals surface area (Å²) >= 11 is 1.37. The average Bonchev–Trinajstić information content (AvgIpc) is 3.21. The van der Waals surface area contributed by atoms with E-state index in [9.17, 15) is 9.59 Å². The molecule has 2 rings (SSSR count). The van der Waals surface area contributed by atoms with Gasteiger partial charge in [0.25, 0.3) is 0 Å². The quantitative estimate of drug-likeness (QED) is 0.459. The smallest absolute Gasteiger partial charge is 0.341 e. The summed E-state index contributed by atoms with van der Waals surface area (Å²) in [7, 11) is 0. The van der Waals surface area contributed by atoms with Crippen molar-refractivity contribution >= 4 is 28.2 Å². The molecule has 1 aliphatic rings. The first-order valence-corrected chi connectivity index (χ1v) is 7.77. The van der Waals surface area contributed by atoms with Gasteiger partial charge in [0.2, 0.25) is 5.91 Å². The van der Waals surface area contributed by atoms with E-state index in [1.165, 1.54) is 11.3 Å². The highest BCUT2D eigenvalue weighted by molar-refractivity contribution is 7.15. The maximum absolute atomic E-state index is 12.1. The molecule has 0 aromatic carbocycles. The average molecular weight is 306 g/mol. The normalized spacial score (nSPS) is 13.5. The Morgan fingerprint density at radius 2 is 2.29 bits per heavy atom. The number of amides is 1. The molecule has 21 heavy (non-hydrogen) atoms. The van der Waals surface area contributed by atoms with Crippen molar-refractivity contribution in [2.75, 3.05) is 25.0 Å². The van der Waals surface area contributed by atoms with E-state index in [4.69, 9.17) is 11.2 Å². The Labute approximate surface area is 128 Å². The van der Waals surface area contributed by atoms with Crippen LogP contribution < -0.4 is 10.6 Å². The van der Waals surface area contributed by atoms with E-state index in [2.05, 4.69) is 16.6 Å². The number of hydrogen-bond acceptors (Lipinski definition) is 5. The van der Waals surface area contributed by atoms with E-state index in [1.54, 1.807) is 6.92 Å². The first kappa shape index (κ1) is 15.5. The summed E-state index contributed by atoms with van der Waals surface area (Å²) in [5.41, 5.74) is 1.50. The molecular formula is C15H18N2O3S. The van der Waals surface area contributed by atoms with Gasteiger partial charge in [-0.3, -0.25) is 10.1 Å². The van der Waals surface area contributed by atoms with Crippen LogP contribution in [0.2, 0.25) is 0 Å². The number of nitrogens with one attached hydrogen (secondary N) is 2. The van der Waals surface area contributed by atoms with Crippen LogP contribution in [0.4, 0.5) is 5.00 Å². The maximum Gasteiger partial charge on any atom is 0.341 e. The van der Waals surface area contributed by atoms with Gasteiger partial charge in [-0.2, -0.15) is 0 Å². The number of terminal acetylenes is 1. The molecule has 0 atom stereocenters. The SMILES string of the molecule is C#CCNCC(=O)Nc1scc(C2CC2)c1C(=O)OCC. The van der Waals surface area contributed by atoms with Gasteiger partial charge in [0, 0.05) is 0 Å². The highest BCUT2D eigenvalue weighted by Crippen LogP contribution is 2.46. The molecule has 1 heterocycles. The number of esters is 1. The fourth-order valence-electron chi connectivity index (χ4n) is 1.99. The summed E-state index contributed by atoms with van der Waals surface area (Å²) < 4.78 is 5.10. The van der Waals surface area contributed by atoms with Gasteiger partial charge in [-0.25, -0.2) is 4.79 Å². The van der Waals surface area contributed by atoms with Crippen LogP contribution in [-0.2, 0) is 9.53 Å². The Morgan fingerprint density at radius 1 is 1.52 bits per heavy atom. The van der Waals surface area contributed by atoms with Crippen molar-refractivity contribution in [1.29, 1.82) is 0 Å². The minimum absolute atomic E-state index is 0.114. The zero-order valence-corrected chi connectivity index (χ0v) is 12.7. The second-order valence-electron chi connectivity index (χ2n) is 4.75. The Hall–Kier alpha value is -1.84. The largest absolute Gasteiger partial charge is 0.462 e. The molecule has 1 aromatic heterocycles. The van der Waals surface area contributed by atoms with Crippen LogP contribution in [0.3, 0.4) is 0 Å². The van der Waals surface area contributed by atoms with Gasteiger partial charge in [0.05, 0.1) is 25.3 Å². The monoisotopic (exact) mass is 306 g/mol. The second kappa shape index (κ2) is 7.25. The number of hydrogen-bond donors (Lipinski definition) is 2. The predicted molar refractivity (Wildman–Crippen MR) is 82.6 cm³/mol. The molecule has 1 amide bonds.